The van der Waals surface area contributed by atoms with Crippen molar-refractivity contribution in [2.45, 2.75) is 0 Å². The van der Waals surface area contributed by atoms with Crippen LogP contribution in [0.3, 0.4) is 0 Å². The van der Waals surface area contributed by atoms with Crippen molar-refractivity contribution in [3.8, 4) is 28.7 Å². The molecule has 0 fully saturated rings. The van der Waals surface area contributed by atoms with Crippen molar-refractivity contribution >= 4 is 11.9 Å². The molecule has 126 valence electrons. The fourth-order valence-electron chi connectivity index (χ4n) is 2.20. The number of carbonyl (C=O) groups excluding carboxylic acids is 1. The van der Waals surface area contributed by atoms with Gasteiger partial charge >= 0.3 is 0 Å². The van der Waals surface area contributed by atoms with Gasteiger partial charge in [-0.2, -0.15) is 0 Å². The average Bonchev–Trinajstić information content (AvgIpc) is 2.58. The second-order valence-electron chi connectivity index (χ2n) is 4.85. The average molecular weight is 330 g/mol. The Morgan fingerprint density at radius 3 is 2.29 bits per heavy atom. The van der Waals surface area contributed by atoms with Crippen molar-refractivity contribution < 1.29 is 29.2 Å². The lowest BCUT2D eigenvalue weighted by Gasteiger charge is -2.09. The molecule has 0 radical (unpaired) electrons. The molecule has 6 nitrogen and oxygen atoms in total. The zero-order valence-electron chi connectivity index (χ0n) is 13.6. The van der Waals surface area contributed by atoms with Gasteiger partial charge in [-0.1, -0.05) is 0 Å². The van der Waals surface area contributed by atoms with E-state index in [0.29, 0.717) is 17.1 Å². The van der Waals surface area contributed by atoms with Gasteiger partial charge in [-0.25, -0.2) is 0 Å². The third-order valence-corrected chi connectivity index (χ3v) is 3.39. The topological polar surface area (TPSA) is 85.2 Å². The van der Waals surface area contributed by atoms with Crippen LogP contribution in [0.5, 0.6) is 28.7 Å². The first kappa shape index (κ1) is 17.2. The minimum Gasteiger partial charge on any atom is -0.508 e. The van der Waals surface area contributed by atoms with Gasteiger partial charge in [0.05, 0.1) is 21.3 Å². The molecule has 6 heteroatoms. The van der Waals surface area contributed by atoms with Gasteiger partial charge in [0.25, 0.3) is 0 Å². The number of ether oxygens (including phenoxy) is 3. The summed E-state index contributed by atoms with van der Waals surface area (Å²) in [5, 5.41) is 19.4. The molecule has 0 aliphatic heterocycles. The van der Waals surface area contributed by atoms with E-state index in [2.05, 4.69) is 0 Å². The van der Waals surface area contributed by atoms with E-state index < -0.39 is 5.78 Å². The van der Waals surface area contributed by atoms with E-state index in [0.717, 1.165) is 6.07 Å². The number of ketones is 1. The van der Waals surface area contributed by atoms with Crippen LogP contribution in [0, 0.1) is 0 Å². The number of hydrogen-bond donors (Lipinski definition) is 2. The number of rotatable bonds is 6. The summed E-state index contributed by atoms with van der Waals surface area (Å²) in [6, 6.07) is 7.52. The summed E-state index contributed by atoms with van der Waals surface area (Å²) in [4.78, 5) is 12.4. The molecule has 0 unspecified atom stereocenters. The van der Waals surface area contributed by atoms with Gasteiger partial charge < -0.3 is 24.4 Å². The first-order valence-corrected chi connectivity index (χ1v) is 7.04. The minimum atomic E-state index is -0.470. The van der Waals surface area contributed by atoms with Gasteiger partial charge in [0, 0.05) is 23.8 Å². The van der Waals surface area contributed by atoms with Crippen LogP contribution in [-0.4, -0.2) is 37.3 Å². The van der Waals surface area contributed by atoms with Crippen LogP contribution in [-0.2, 0) is 0 Å². The predicted molar refractivity (Wildman–Crippen MR) is 89.2 cm³/mol. The van der Waals surface area contributed by atoms with Crippen LogP contribution < -0.4 is 14.2 Å². The Morgan fingerprint density at radius 2 is 1.67 bits per heavy atom. The number of phenols is 2. The van der Waals surface area contributed by atoms with Crippen LogP contribution >= 0.6 is 0 Å². The second-order valence-corrected chi connectivity index (χ2v) is 4.85. The van der Waals surface area contributed by atoms with E-state index in [1.54, 1.807) is 31.4 Å². The van der Waals surface area contributed by atoms with Crippen molar-refractivity contribution in [2.24, 2.45) is 0 Å². The van der Waals surface area contributed by atoms with Crippen LogP contribution in [0.2, 0.25) is 0 Å². The third-order valence-electron chi connectivity index (χ3n) is 3.39. The molecule has 0 atom stereocenters. The predicted octanol–water partition coefficient (Wildman–Crippen LogP) is 3.02. The Kier molecular flexibility index (Phi) is 5.31. The maximum Gasteiger partial charge on any atom is 0.193 e. The zero-order valence-corrected chi connectivity index (χ0v) is 13.6. The van der Waals surface area contributed by atoms with Gasteiger partial charge in [0.1, 0.15) is 34.3 Å². The fraction of sp³-hybridized carbons (Fsp3) is 0.167. The Balaban J connectivity index is 2.35. The van der Waals surface area contributed by atoms with E-state index >= 15 is 0 Å². The molecular formula is C18H18O6. The molecule has 0 aliphatic rings. The summed E-state index contributed by atoms with van der Waals surface area (Å²) in [5.41, 5.74) is 0.642. The second kappa shape index (κ2) is 7.41. The highest BCUT2D eigenvalue weighted by Gasteiger charge is 2.17. The molecule has 2 aromatic carbocycles. The summed E-state index contributed by atoms with van der Waals surface area (Å²) in [5.74, 6) is 0.240. The number of carbonyl (C=O) groups is 1. The molecule has 0 heterocycles. The number of allylic oxidation sites excluding steroid dienone is 1. The molecule has 0 bridgehead atoms. The number of phenolic OH excluding ortho intramolecular Hbond substituents is 2. The van der Waals surface area contributed by atoms with Gasteiger partial charge in [-0.15, -0.1) is 0 Å². The fourth-order valence-corrected chi connectivity index (χ4v) is 2.20. The highest BCUT2D eigenvalue weighted by molar-refractivity contribution is 6.10. The van der Waals surface area contributed by atoms with Crippen LogP contribution in [0.1, 0.15) is 15.9 Å². The van der Waals surface area contributed by atoms with Crippen molar-refractivity contribution in [3.05, 3.63) is 47.5 Å². The van der Waals surface area contributed by atoms with Crippen LogP contribution in [0.25, 0.3) is 6.08 Å². The third kappa shape index (κ3) is 3.60. The number of aromatic hydroxyl groups is 2. The Labute approximate surface area is 139 Å². The van der Waals surface area contributed by atoms with Crippen molar-refractivity contribution in [2.75, 3.05) is 21.3 Å². The molecular weight excluding hydrogens is 312 g/mol. The lowest BCUT2D eigenvalue weighted by Crippen LogP contribution is -1.99. The van der Waals surface area contributed by atoms with E-state index in [-0.39, 0.29) is 22.8 Å². The Morgan fingerprint density at radius 1 is 0.958 bits per heavy atom. The molecule has 2 N–H and O–H groups in total. The number of benzene rings is 2. The molecule has 0 spiro atoms. The van der Waals surface area contributed by atoms with E-state index in [1.165, 1.54) is 26.4 Å². The Hall–Kier alpha value is -3.15. The van der Waals surface area contributed by atoms with Gasteiger partial charge in [-0.05, 0) is 24.3 Å². The van der Waals surface area contributed by atoms with Crippen molar-refractivity contribution in [1.82, 2.24) is 0 Å². The maximum absolute atomic E-state index is 12.4. The van der Waals surface area contributed by atoms with Gasteiger partial charge in [0.2, 0.25) is 0 Å². The highest BCUT2D eigenvalue weighted by atomic mass is 16.5. The first-order chi connectivity index (χ1) is 11.5. The highest BCUT2D eigenvalue weighted by Crippen LogP contribution is 2.33. The quantitative estimate of drug-likeness (QED) is 0.625. The molecule has 0 aromatic heterocycles. The molecule has 0 saturated carbocycles. The van der Waals surface area contributed by atoms with Crippen molar-refractivity contribution in [3.63, 3.8) is 0 Å². The monoisotopic (exact) mass is 330 g/mol. The number of methoxy groups -OCH3 is 3. The van der Waals surface area contributed by atoms with Gasteiger partial charge in [-0.3, -0.25) is 4.79 Å². The molecule has 2 aromatic rings. The lowest BCUT2D eigenvalue weighted by atomic mass is 10.1. The lowest BCUT2D eigenvalue weighted by molar-refractivity contribution is 0.104. The van der Waals surface area contributed by atoms with E-state index in [4.69, 9.17) is 14.2 Å². The molecule has 0 aliphatic carbocycles. The SMILES string of the molecule is COc1ccc(C=CC(=O)c2c(O)cc(O)cc2OC)c(OC)c1. The maximum atomic E-state index is 12.4. The molecule has 24 heavy (non-hydrogen) atoms. The zero-order chi connectivity index (χ0) is 17.7. The standard InChI is InChI=1S/C18H18O6/c1-22-13-6-4-11(16(10-13)23-2)5-7-14(20)18-15(21)8-12(19)9-17(18)24-3/h4-10,19,21H,1-3H3. The Bertz CT molecular complexity index is 779. The van der Waals surface area contributed by atoms with Gasteiger partial charge in [0.15, 0.2) is 5.78 Å². The van der Waals surface area contributed by atoms with Crippen molar-refractivity contribution in [1.29, 1.82) is 0 Å². The van der Waals surface area contributed by atoms with Crippen LogP contribution in [0.4, 0.5) is 0 Å². The molecule has 2 rings (SSSR count). The first-order valence-electron chi connectivity index (χ1n) is 7.04. The molecule has 0 saturated heterocycles. The largest absolute Gasteiger partial charge is 0.508 e. The van der Waals surface area contributed by atoms with Crippen LogP contribution in [0.15, 0.2) is 36.4 Å². The molecule has 0 amide bonds. The number of hydrogen-bond acceptors (Lipinski definition) is 6. The summed E-state index contributed by atoms with van der Waals surface area (Å²) in [6.07, 6.45) is 2.85. The van der Waals surface area contributed by atoms with E-state index in [9.17, 15) is 15.0 Å². The smallest absolute Gasteiger partial charge is 0.193 e. The summed E-state index contributed by atoms with van der Waals surface area (Å²) in [6.45, 7) is 0. The normalized spacial score (nSPS) is 10.6. The summed E-state index contributed by atoms with van der Waals surface area (Å²) in [7, 11) is 4.41. The summed E-state index contributed by atoms with van der Waals surface area (Å²) < 4.78 is 15.4. The minimum absolute atomic E-state index is 0.0287. The summed E-state index contributed by atoms with van der Waals surface area (Å²) >= 11 is 0. The van der Waals surface area contributed by atoms with E-state index in [1.807, 2.05) is 0 Å².